The zero-order valence-corrected chi connectivity index (χ0v) is 10.3. The number of rotatable bonds is 2. The first-order valence-electron chi connectivity index (χ1n) is 5.97. The van der Waals surface area contributed by atoms with Gasteiger partial charge in [0.25, 0.3) is 5.91 Å². The number of carbonyl (C=O) groups is 1. The summed E-state index contributed by atoms with van der Waals surface area (Å²) in [5.74, 6) is -2.12. The first-order valence-corrected chi connectivity index (χ1v) is 5.97. The molecule has 0 bridgehead atoms. The lowest BCUT2D eigenvalue weighted by atomic mass is 10.1. The fourth-order valence-electron chi connectivity index (χ4n) is 2.07. The maximum absolute atomic E-state index is 13.1. The van der Waals surface area contributed by atoms with E-state index in [0.717, 1.165) is 29.1 Å². The molecule has 5 heteroatoms. The predicted molar refractivity (Wildman–Crippen MR) is 72.6 cm³/mol. The summed E-state index contributed by atoms with van der Waals surface area (Å²) < 4.78 is 26.2. The van der Waals surface area contributed by atoms with Crippen LogP contribution in [0, 0.1) is 11.6 Å². The molecule has 0 aliphatic heterocycles. The van der Waals surface area contributed by atoms with E-state index in [9.17, 15) is 13.6 Å². The first kappa shape index (κ1) is 12.3. The van der Waals surface area contributed by atoms with Crippen LogP contribution in [0.25, 0.3) is 10.9 Å². The van der Waals surface area contributed by atoms with E-state index in [1.807, 2.05) is 12.1 Å². The fourth-order valence-corrected chi connectivity index (χ4v) is 2.07. The molecule has 1 amide bonds. The molecular formula is C15H10F2N2O. The van der Waals surface area contributed by atoms with Crippen LogP contribution in [0.4, 0.5) is 14.5 Å². The number of aromatic amines is 1. The van der Waals surface area contributed by atoms with Gasteiger partial charge in [-0.15, -0.1) is 0 Å². The number of benzene rings is 2. The Labute approximate surface area is 113 Å². The SMILES string of the molecule is O=C(Nc1cccc2[nH]ccc12)c1cc(F)cc(F)c1. The predicted octanol–water partition coefficient (Wildman–Crippen LogP) is 3.70. The second kappa shape index (κ2) is 4.77. The van der Waals surface area contributed by atoms with E-state index >= 15 is 0 Å². The highest BCUT2D eigenvalue weighted by molar-refractivity contribution is 6.08. The number of anilines is 1. The van der Waals surface area contributed by atoms with Gasteiger partial charge >= 0.3 is 0 Å². The molecule has 0 radical (unpaired) electrons. The average molecular weight is 272 g/mol. The number of nitrogens with one attached hydrogen (secondary N) is 2. The standard InChI is InChI=1S/C15H10F2N2O/c16-10-6-9(7-11(17)8-10)15(20)19-14-3-1-2-13-12(14)4-5-18-13/h1-8,18H,(H,19,20). The molecule has 0 fully saturated rings. The summed E-state index contributed by atoms with van der Waals surface area (Å²) in [6.45, 7) is 0. The molecule has 3 aromatic rings. The van der Waals surface area contributed by atoms with Gasteiger partial charge in [0.2, 0.25) is 0 Å². The van der Waals surface area contributed by atoms with Gasteiger partial charge in [-0.2, -0.15) is 0 Å². The van der Waals surface area contributed by atoms with Crippen LogP contribution in [0.3, 0.4) is 0 Å². The summed E-state index contributed by atoms with van der Waals surface area (Å²) in [7, 11) is 0. The molecule has 20 heavy (non-hydrogen) atoms. The second-order valence-electron chi connectivity index (χ2n) is 4.36. The Morgan fingerprint density at radius 2 is 1.80 bits per heavy atom. The van der Waals surface area contributed by atoms with Crippen LogP contribution in [0.1, 0.15) is 10.4 Å². The highest BCUT2D eigenvalue weighted by Gasteiger charge is 2.11. The van der Waals surface area contributed by atoms with E-state index in [4.69, 9.17) is 0 Å². The van der Waals surface area contributed by atoms with Crippen LogP contribution >= 0.6 is 0 Å². The maximum Gasteiger partial charge on any atom is 0.255 e. The minimum atomic E-state index is -0.782. The maximum atomic E-state index is 13.1. The Kier molecular flexibility index (Phi) is 2.95. The number of hydrogen-bond acceptors (Lipinski definition) is 1. The van der Waals surface area contributed by atoms with Gasteiger partial charge < -0.3 is 10.3 Å². The highest BCUT2D eigenvalue weighted by Crippen LogP contribution is 2.23. The van der Waals surface area contributed by atoms with Crippen LogP contribution in [-0.4, -0.2) is 10.9 Å². The molecule has 1 heterocycles. The Hall–Kier alpha value is -2.69. The van der Waals surface area contributed by atoms with Crippen LogP contribution in [-0.2, 0) is 0 Å². The Balaban J connectivity index is 1.94. The van der Waals surface area contributed by atoms with E-state index in [1.54, 1.807) is 18.3 Å². The number of aromatic nitrogens is 1. The van der Waals surface area contributed by atoms with Crippen molar-refractivity contribution >= 4 is 22.5 Å². The lowest BCUT2D eigenvalue weighted by Crippen LogP contribution is -2.12. The molecular weight excluding hydrogens is 262 g/mol. The molecule has 0 atom stereocenters. The van der Waals surface area contributed by atoms with Crippen LogP contribution < -0.4 is 5.32 Å². The van der Waals surface area contributed by atoms with Crippen LogP contribution in [0.5, 0.6) is 0 Å². The van der Waals surface area contributed by atoms with E-state index < -0.39 is 17.5 Å². The van der Waals surface area contributed by atoms with E-state index in [0.29, 0.717) is 5.69 Å². The number of carbonyl (C=O) groups excluding carboxylic acids is 1. The minimum absolute atomic E-state index is 0.0601. The van der Waals surface area contributed by atoms with Gasteiger partial charge in [-0.25, -0.2) is 8.78 Å². The lowest BCUT2D eigenvalue weighted by molar-refractivity contribution is 0.102. The third-order valence-electron chi connectivity index (χ3n) is 2.97. The van der Waals surface area contributed by atoms with Gasteiger partial charge in [0.05, 0.1) is 5.69 Å². The molecule has 0 saturated carbocycles. The molecule has 2 N–H and O–H groups in total. The van der Waals surface area contributed by atoms with E-state index in [1.165, 1.54) is 0 Å². The molecule has 0 saturated heterocycles. The number of H-pyrrole nitrogens is 1. The largest absolute Gasteiger partial charge is 0.361 e. The Morgan fingerprint density at radius 1 is 1.05 bits per heavy atom. The smallest absolute Gasteiger partial charge is 0.255 e. The van der Waals surface area contributed by atoms with Crippen LogP contribution in [0.2, 0.25) is 0 Å². The van der Waals surface area contributed by atoms with E-state index in [-0.39, 0.29) is 5.56 Å². The van der Waals surface area contributed by atoms with Crippen molar-refractivity contribution in [1.82, 2.24) is 4.98 Å². The number of hydrogen-bond donors (Lipinski definition) is 2. The summed E-state index contributed by atoms with van der Waals surface area (Å²) in [5.41, 5.74) is 1.39. The molecule has 1 aromatic heterocycles. The fraction of sp³-hybridized carbons (Fsp3) is 0. The number of halogens is 2. The summed E-state index contributed by atoms with van der Waals surface area (Å²) in [5, 5.41) is 3.48. The average Bonchev–Trinajstić information content (AvgIpc) is 2.87. The molecule has 0 aliphatic rings. The van der Waals surface area contributed by atoms with Gasteiger partial charge in [-0.3, -0.25) is 4.79 Å². The monoisotopic (exact) mass is 272 g/mol. The topological polar surface area (TPSA) is 44.9 Å². The summed E-state index contributed by atoms with van der Waals surface area (Å²) >= 11 is 0. The van der Waals surface area contributed by atoms with Gasteiger partial charge in [-0.1, -0.05) is 6.07 Å². The molecule has 0 unspecified atom stereocenters. The third kappa shape index (κ3) is 2.25. The van der Waals surface area contributed by atoms with Gasteiger partial charge in [0.15, 0.2) is 0 Å². The molecule has 3 nitrogen and oxygen atoms in total. The number of fused-ring (bicyclic) bond motifs is 1. The summed E-state index contributed by atoms with van der Waals surface area (Å²) in [4.78, 5) is 15.0. The molecule has 3 rings (SSSR count). The number of amides is 1. The highest BCUT2D eigenvalue weighted by atomic mass is 19.1. The van der Waals surface area contributed by atoms with Crippen LogP contribution in [0.15, 0.2) is 48.7 Å². The quantitative estimate of drug-likeness (QED) is 0.734. The van der Waals surface area contributed by atoms with Gasteiger partial charge in [-0.05, 0) is 30.3 Å². The molecule has 2 aromatic carbocycles. The van der Waals surface area contributed by atoms with Crippen molar-refractivity contribution in [3.05, 3.63) is 65.9 Å². The van der Waals surface area contributed by atoms with Crippen molar-refractivity contribution in [3.63, 3.8) is 0 Å². The third-order valence-corrected chi connectivity index (χ3v) is 2.97. The lowest BCUT2D eigenvalue weighted by Gasteiger charge is -2.07. The molecule has 0 aliphatic carbocycles. The molecule has 100 valence electrons. The zero-order chi connectivity index (χ0) is 14.1. The second-order valence-corrected chi connectivity index (χ2v) is 4.36. The minimum Gasteiger partial charge on any atom is -0.361 e. The van der Waals surface area contributed by atoms with E-state index in [2.05, 4.69) is 10.3 Å². The Bertz CT molecular complexity index is 775. The Morgan fingerprint density at radius 3 is 2.55 bits per heavy atom. The van der Waals surface area contributed by atoms with Crippen molar-refractivity contribution in [2.45, 2.75) is 0 Å². The van der Waals surface area contributed by atoms with Crippen molar-refractivity contribution in [1.29, 1.82) is 0 Å². The van der Waals surface area contributed by atoms with Crippen molar-refractivity contribution in [3.8, 4) is 0 Å². The van der Waals surface area contributed by atoms with Crippen molar-refractivity contribution < 1.29 is 13.6 Å². The van der Waals surface area contributed by atoms with Gasteiger partial charge in [0.1, 0.15) is 11.6 Å². The normalized spacial score (nSPS) is 10.7. The van der Waals surface area contributed by atoms with Crippen molar-refractivity contribution in [2.24, 2.45) is 0 Å². The van der Waals surface area contributed by atoms with Gasteiger partial charge in [0, 0.05) is 28.7 Å². The molecule has 0 spiro atoms. The zero-order valence-electron chi connectivity index (χ0n) is 10.3. The summed E-state index contributed by atoms with van der Waals surface area (Å²) in [6, 6.07) is 9.91. The first-order chi connectivity index (χ1) is 9.63. The van der Waals surface area contributed by atoms with Crippen molar-refractivity contribution in [2.75, 3.05) is 5.32 Å². The summed E-state index contributed by atoms with van der Waals surface area (Å²) in [6.07, 6.45) is 1.75.